The van der Waals surface area contributed by atoms with E-state index in [0.717, 1.165) is 11.6 Å². The predicted octanol–water partition coefficient (Wildman–Crippen LogP) is 0.762. The van der Waals surface area contributed by atoms with Crippen LogP contribution in [0, 0.1) is 0 Å². The number of hydrogen-bond acceptors (Lipinski definition) is 6. The second-order valence-corrected chi connectivity index (χ2v) is 6.19. The number of nitrogens with zero attached hydrogens (tertiary/aromatic N) is 2. The summed E-state index contributed by atoms with van der Waals surface area (Å²) >= 11 is 1.40. The molecule has 7 heteroatoms. The molecule has 1 aliphatic heterocycles. The highest BCUT2D eigenvalue weighted by Crippen LogP contribution is 2.27. The zero-order chi connectivity index (χ0) is 13.2. The maximum absolute atomic E-state index is 11.9. The van der Waals surface area contributed by atoms with E-state index >= 15 is 0 Å². The molecule has 0 radical (unpaired) electrons. The third-order valence-electron chi connectivity index (χ3n) is 2.52. The molecule has 100 valence electrons. The maximum Gasteiger partial charge on any atom is 0.256 e. The largest absolute Gasteiger partial charge is 0.366 e. The molecule has 0 bridgehead atoms. The first kappa shape index (κ1) is 13.4. The Morgan fingerprint density at radius 3 is 2.83 bits per heavy atom. The molecule has 1 unspecified atom stereocenters. The third kappa shape index (κ3) is 3.24. The van der Waals surface area contributed by atoms with E-state index in [4.69, 9.17) is 4.74 Å². The first-order valence-corrected chi connectivity index (χ1v) is 6.75. The summed E-state index contributed by atoms with van der Waals surface area (Å²) < 4.78 is 5.37. The Labute approximate surface area is 110 Å². The van der Waals surface area contributed by atoms with Gasteiger partial charge in [-0.15, -0.1) is 10.2 Å². The van der Waals surface area contributed by atoms with Crippen molar-refractivity contribution in [1.29, 1.82) is 0 Å². The van der Waals surface area contributed by atoms with Gasteiger partial charge in [0.15, 0.2) is 0 Å². The minimum absolute atomic E-state index is 0.0520. The highest BCUT2D eigenvalue weighted by molar-refractivity contribution is 7.15. The summed E-state index contributed by atoms with van der Waals surface area (Å²) in [5.41, 5.74) is -0.0520. The van der Waals surface area contributed by atoms with Gasteiger partial charge in [0.2, 0.25) is 5.13 Å². The molecule has 1 aliphatic rings. The fraction of sp³-hybridized carbons (Fsp3) is 0.727. The number of anilines is 1. The zero-order valence-corrected chi connectivity index (χ0v) is 11.6. The van der Waals surface area contributed by atoms with Crippen LogP contribution in [-0.4, -0.2) is 41.9 Å². The second-order valence-electron chi connectivity index (χ2n) is 5.22. The van der Waals surface area contributed by atoms with Crippen LogP contribution in [0.5, 0.6) is 0 Å². The summed E-state index contributed by atoms with van der Waals surface area (Å²) in [5.74, 6) is -0.168. The van der Waals surface area contributed by atoms with Crippen molar-refractivity contribution in [3.05, 3.63) is 5.01 Å². The molecule has 1 atom stereocenters. The van der Waals surface area contributed by atoms with Crippen molar-refractivity contribution in [2.75, 3.05) is 25.0 Å². The molecule has 1 aromatic heterocycles. The lowest BCUT2D eigenvalue weighted by Crippen LogP contribution is -2.45. The van der Waals surface area contributed by atoms with E-state index in [-0.39, 0.29) is 11.3 Å². The van der Waals surface area contributed by atoms with Crippen LogP contribution in [0.1, 0.15) is 25.8 Å². The molecule has 0 saturated carbocycles. The van der Waals surface area contributed by atoms with Crippen LogP contribution in [0.15, 0.2) is 0 Å². The molecule has 2 heterocycles. The number of amides is 1. The Kier molecular flexibility index (Phi) is 3.94. The number of carbonyl (C=O) groups is 1. The average molecular weight is 270 g/mol. The monoisotopic (exact) mass is 270 g/mol. The summed E-state index contributed by atoms with van der Waals surface area (Å²) in [6.45, 7) is 8.07. The summed E-state index contributed by atoms with van der Waals surface area (Å²) in [6, 6.07) is 0. The van der Waals surface area contributed by atoms with Crippen LogP contribution < -0.4 is 10.6 Å². The smallest absolute Gasteiger partial charge is 0.256 e. The Balaban J connectivity index is 1.96. The topological polar surface area (TPSA) is 76.1 Å². The van der Waals surface area contributed by atoms with Gasteiger partial charge in [0, 0.05) is 18.5 Å². The predicted molar refractivity (Wildman–Crippen MR) is 69.8 cm³/mol. The van der Waals surface area contributed by atoms with Crippen molar-refractivity contribution in [3.8, 4) is 0 Å². The van der Waals surface area contributed by atoms with Gasteiger partial charge in [0.25, 0.3) is 5.91 Å². The van der Waals surface area contributed by atoms with Crippen LogP contribution in [0.2, 0.25) is 0 Å². The van der Waals surface area contributed by atoms with Crippen LogP contribution in [0.25, 0.3) is 0 Å². The molecule has 18 heavy (non-hydrogen) atoms. The third-order valence-corrected chi connectivity index (χ3v) is 3.78. The fourth-order valence-corrected chi connectivity index (χ4v) is 2.30. The summed E-state index contributed by atoms with van der Waals surface area (Å²) in [7, 11) is 0. The molecule has 1 fully saturated rings. The van der Waals surface area contributed by atoms with Crippen molar-refractivity contribution < 1.29 is 9.53 Å². The van der Waals surface area contributed by atoms with E-state index in [1.165, 1.54) is 11.3 Å². The van der Waals surface area contributed by atoms with Gasteiger partial charge < -0.3 is 10.1 Å². The second kappa shape index (κ2) is 5.29. The molecule has 2 rings (SSSR count). The van der Waals surface area contributed by atoms with E-state index in [0.29, 0.717) is 18.3 Å². The van der Waals surface area contributed by atoms with Gasteiger partial charge >= 0.3 is 0 Å². The molecule has 6 nitrogen and oxygen atoms in total. The van der Waals surface area contributed by atoms with Gasteiger partial charge in [0.1, 0.15) is 11.1 Å². The number of morpholine rings is 1. The number of aromatic nitrogens is 2. The van der Waals surface area contributed by atoms with E-state index < -0.39 is 6.10 Å². The molecule has 1 aromatic rings. The standard InChI is InChI=1S/C11H18N4O2S/c1-11(2,3)9-14-15-10(18-9)13-8(16)7-6-12-4-5-17-7/h7,12H,4-6H2,1-3H3,(H,13,15,16). The van der Waals surface area contributed by atoms with Crippen LogP contribution in [-0.2, 0) is 14.9 Å². The minimum atomic E-state index is -0.444. The van der Waals surface area contributed by atoms with E-state index in [9.17, 15) is 4.79 Å². The van der Waals surface area contributed by atoms with Crippen molar-refractivity contribution in [3.63, 3.8) is 0 Å². The lowest BCUT2D eigenvalue weighted by molar-refractivity contribution is -0.128. The highest BCUT2D eigenvalue weighted by atomic mass is 32.1. The number of hydrogen-bond donors (Lipinski definition) is 2. The van der Waals surface area contributed by atoms with Crippen molar-refractivity contribution in [1.82, 2.24) is 15.5 Å². The van der Waals surface area contributed by atoms with Gasteiger partial charge in [-0.3, -0.25) is 10.1 Å². The van der Waals surface area contributed by atoms with E-state index in [1.807, 2.05) is 0 Å². The molecule has 0 aromatic carbocycles. The quantitative estimate of drug-likeness (QED) is 0.830. The molecular formula is C11H18N4O2S. The molecule has 1 amide bonds. The molecular weight excluding hydrogens is 252 g/mol. The van der Waals surface area contributed by atoms with Crippen LogP contribution >= 0.6 is 11.3 Å². The molecule has 1 saturated heterocycles. The van der Waals surface area contributed by atoms with Crippen molar-refractivity contribution in [2.45, 2.75) is 32.3 Å². The summed E-state index contributed by atoms with van der Waals surface area (Å²) in [6.07, 6.45) is -0.444. The van der Waals surface area contributed by atoms with Crippen molar-refractivity contribution in [2.24, 2.45) is 0 Å². The van der Waals surface area contributed by atoms with Gasteiger partial charge in [-0.2, -0.15) is 0 Å². The molecule has 2 N–H and O–H groups in total. The molecule has 0 aliphatic carbocycles. The van der Waals surface area contributed by atoms with Gasteiger partial charge in [0.05, 0.1) is 6.61 Å². The number of nitrogens with one attached hydrogen (secondary N) is 2. The first-order valence-electron chi connectivity index (χ1n) is 5.94. The Bertz CT molecular complexity index is 421. The Morgan fingerprint density at radius 2 is 2.28 bits per heavy atom. The summed E-state index contributed by atoms with van der Waals surface area (Å²) in [5, 5.41) is 15.3. The Hall–Kier alpha value is -1.05. The lowest BCUT2D eigenvalue weighted by atomic mass is 9.98. The maximum atomic E-state index is 11.9. The number of carbonyl (C=O) groups excluding carboxylic acids is 1. The van der Waals surface area contributed by atoms with Crippen LogP contribution in [0.3, 0.4) is 0 Å². The van der Waals surface area contributed by atoms with Gasteiger partial charge in [-0.25, -0.2) is 0 Å². The van der Waals surface area contributed by atoms with Gasteiger partial charge in [-0.05, 0) is 0 Å². The zero-order valence-electron chi connectivity index (χ0n) is 10.8. The summed E-state index contributed by atoms with van der Waals surface area (Å²) in [4.78, 5) is 11.9. The van der Waals surface area contributed by atoms with E-state index in [1.54, 1.807) is 0 Å². The Morgan fingerprint density at radius 1 is 1.50 bits per heavy atom. The number of ether oxygens (including phenoxy) is 1. The SMILES string of the molecule is CC(C)(C)c1nnc(NC(=O)C2CNCCO2)s1. The normalized spacial score (nSPS) is 20.7. The lowest BCUT2D eigenvalue weighted by Gasteiger charge is -2.21. The molecule has 0 spiro atoms. The van der Waals surface area contributed by atoms with Gasteiger partial charge in [-0.1, -0.05) is 32.1 Å². The first-order chi connectivity index (χ1) is 8.47. The van der Waals surface area contributed by atoms with E-state index in [2.05, 4.69) is 41.6 Å². The minimum Gasteiger partial charge on any atom is -0.366 e. The average Bonchev–Trinajstić information content (AvgIpc) is 2.78. The van der Waals surface area contributed by atoms with Crippen LogP contribution in [0.4, 0.5) is 5.13 Å². The fourth-order valence-electron chi connectivity index (χ4n) is 1.50. The van der Waals surface area contributed by atoms with Crippen molar-refractivity contribution >= 4 is 22.4 Å². The highest BCUT2D eigenvalue weighted by Gasteiger charge is 2.24. The number of rotatable bonds is 2.